The van der Waals surface area contributed by atoms with Crippen LogP contribution in [0.5, 0.6) is 0 Å². The molecule has 0 bridgehead atoms. The molecule has 2 N–H and O–H groups in total. The molecule has 1 aromatic heterocycles. The second-order valence-electron chi connectivity index (χ2n) is 5.14. The SMILES string of the molecule is Fc1ccnc(C2CN(C3CNCC3Cl)CCN2)c1. The zero-order valence-electron chi connectivity index (χ0n) is 10.6. The molecule has 2 saturated heterocycles. The van der Waals surface area contributed by atoms with Gasteiger partial charge < -0.3 is 10.6 Å². The quantitative estimate of drug-likeness (QED) is 0.786. The Bertz CT molecular complexity index is 444. The number of piperazine rings is 1. The zero-order chi connectivity index (χ0) is 13.2. The van der Waals surface area contributed by atoms with E-state index in [-0.39, 0.29) is 17.2 Å². The van der Waals surface area contributed by atoms with Gasteiger partial charge in [0.25, 0.3) is 0 Å². The van der Waals surface area contributed by atoms with Gasteiger partial charge in [-0.1, -0.05) is 0 Å². The van der Waals surface area contributed by atoms with E-state index in [1.54, 1.807) is 0 Å². The Kier molecular flexibility index (Phi) is 3.98. The van der Waals surface area contributed by atoms with Crippen LogP contribution in [-0.2, 0) is 0 Å². The highest BCUT2D eigenvalue weighted by atomic mass is 35.5. The topological polar surface area (TPSA) is 40.2 Å². The van der Waals surface area contributed by atoms with E-state index in [4.69, 9.17) is 11.6 Å². The predicted molar refractivity (Wildman–Crippen MR) is 72.8 cm³/mol. The van der Waals surface area contributed by atoms with Crippen molar-refractivity contribution in [2.24, 2.45) is 0 Å². The van der Waals surface area contributed by atoms with Crippen molar-refractivity contribution in [3.63, 3.8) is 0 Å². The van der Waals surface area contributed by atoms with Crippen LogP contribution in [-0.4, -0.2) is 54.0 Å². The van der Waals surface area contributed by atoms with Crippen LogP contribution in [0.4, 0.5) is 4.39 Å². The van der Waals surface area contributed by atoms with Crippen LogP contribution < -0.4 is 10.6 Å². The van der Waals surface area contributed by atoms with Gasteiger partial charge >= 0.3 is 0 Å². The molecule has 2 fully saturated rings. The molecule has 104 valence electrons. The van der Waals surface area contributed by atoms with Crippen molar-refractivity contribution in [1.29, 1.82) is 0 Å². The van der Waals surface area contributed by atoms with Crippen LogP contribution >= 0.6 is 11.6 Å². The largest absolute Gasteiger partial charge is 0.314 e. The fourth-order valence-electron chi connectivity index (χ4n) is 2.87. The molecule has 0 aliphatic carbocycles. The summed E-state index contributed by atoms with van der Waals surface area (Å²) in [5, 5.41) is 6.86. The average Bonchev–Trinajstić information content (AvgIpc) is 2.85. The fraction of sp³-hybridized carbons (Fsp3) is 0.615. The minimum atomic E-state index is -0.235. The zero-order valence-corrected chi connectivity index (χ0v) is 11.4. The molecule has 19 heavy (non-hydrogen) atoms. The van der Waals surface area contributed by atoms with E-state index in [1.165, 1.54) is 18.3 Å². The van der Waals surface area contributed by atoms with Gasteiger partial charge in [-0.25, -0.2) is 4.39 Å². The van der Waals surface area contributed by atoms with Gasteiger partial charge in [-0.2, -0.15) is 0 Å². The van der Waals surface area contributed by atoms with Crippen molar-refractivity contribution in [2.45, 2.75) is 17.5 Å². The Balaban J connectivity index is 1.71. The number of alkyl halides is 1. The van der Waals surface area contributed by atoms with Gasteiger partial charge in [0.15, 0.2) is 0 Å². The molecule has 3 rings (SSSR count). The van der Waals surface area contributed by atoms with Crippen molar-refractivity contribution >= 4 is 11.6 Å². The van der Waals surface area contributed by atoms with Crippen LogP contribution in [0.15, 0.2) is 18.3 Å². The molecule has 0 amide bonds. The first-order valence-corrected chi connectivity index (χ1v) is 7.11. The first kappa shape index (κ1) is 13.2. The van der Waals surface area contributed by atoms with Gasteiger partial charge in [0.05, 0.1) is 17.1 Å². The van der Waals surface area contributed by atoms with Gasteiger partial charge in [0.1, 0.15) is 5.82 Å². The van der Waals surface area contributed by atoms with E-state index < -0.39 is 0 Å². The third-order valence-corrected chi connectivity index (χ3v) is 4.33. The van der Waals surface area contributed by atoms with Gasteiger partial charge in [-0.05, 0) is 12.1 Å². The lowest BCUT2D eigenvalue weighted by Crippen LogP contribution is -2.52. The van der Waals surface area contributed by atoms with Crippen LogP contribution in [0.3, 0.4) is 0 Å². The number of nitrogens with zero attached hydrogens (tertiary/aromatic N) is 2. The van der Waals surface area contributed by atoms with E-state index in [0.29, 0.717) is 6.04 Å². The molecule has 0 spiro atoms. The van der Waals surface area contributed by atoms with Crippen molar-refractivity contribution in [1.82, 2.24) is 20.5 Å². The number of pyridine rings is 1. The molecule has 4 nitrogen and oxygen atoms in total. The number of hydrogen-bond acceptors (Lipinski definition) is 4. The monoisotopic (exact) mass is 284 g/mol. The molecule has 0 radical (unpaired) electrons. The van der Waals surface area contributed by atoms with Crippen molar-refractivity contribution in [2.75, 3.05) is 32.7 Å². The number of rotatable bonds is 2. The summed E-state index contributed by atoms with van der Waals surface area (Å²) in [5.74, 6) is -0.235. The summed E-state index contributed by atoms with van der Waals surface area (Å²) in [6.45, 7) is 4.47. The van der Waals surface area contributed by atoms with Gasteiger partial charge in [0.2, 0.25) is 0 Å². The molecular weight excluding hydrogens is 267 g/mol. The number of nitrogens with one attached hydrogen (secondary N) is 2. The predicted octanol–water partition coefficient (Wildman–Crippen LogP) is 0.746. The lowest BCUT2D eigenvalue weighted by atomic mass is 10.1. The van der Waals surface area contributed by atoms with E-state index >= 15 is 0 Å². The molecule has 6 heteroatoms. The Labute approximate surface area is 117 Å². The van der Waals surface area contributed by atoms with Gasteiger partial charge in [0, 0.05) is 45.0 Å². The summed E-state index contributed by atoms with van der Waals surface area (Å²) < 4.78 is 13.3. The van der Waals surface area contributed by atoms with Crippen molar-refractivity contribution in [3.05, 3.63) is 29.8 Å². The first-order valence-electron chi connectivity index (χ1n) is 6.68. The van der Waals surface area contributed by atoms with Crippen LogP contribution in [0.1, 0.15) is 11.7 Å². The molecule has 3 heterocycles. The van der Waals surface area contributed by atoms with E-state index in [2.05, 4.69) is 20.5 Å². The minimum absolute atomic E-state index is 0.0777. The maximum atomic E-state index is 13.3. The Morgan fingerprint density at radius 2 is 2.32 bits per heavy atom. The fourth-order valence-corrected chi connectivity index (χ4v) is 3.23. The summed E-state index contributed by atoms with van der Waals surface area (Å²) >= 11 is 6.33. The molecule has 2 aliphatic rings. The molecule has 0 aromatic carbocycles. The summed E-state index contributed by atoms with van der Waals surface area (Å²) in [7, 11) is 0. The molecule has 3 atom stereocenters. The summed E-state index contributed by atoms with van der Waals surface area (Å²) in [6.07, 6.45) is 1.52. The van der Waals surface area contributed by atoms with Crippen LogP contribution in [0.25, 0.3) is 0 Å². The summed E-state index contributed by atoms with van der Waals surface area (Å²) in [5.41, 5.74) is 0.766. The molecule has 1 aromatic rings. The van der Waals surface area contributed by atoms with E-state index in [9.17, 15) is 4.39 Å². The van der Waals surface area contributed by atoms with Crippen molar-refractivity contribution in [3.8, 4) is 0 Å². The number of halogens is 2. The lowest BCUT2D eigenvalue weighted by Gasteiger charge is -2.38. The normalized spacial score (nSPS) is 32.6. The van der Waals surface area contributed by atoms with Crippen molar-refractivity contribution < 1.29 is 4.39 Å². The highest BCUT2D eigenvalue weighted by Crippen LogP contribution is 2.21. The smallest absolute Gasteiger partial charge is 0.126 e. The van der Waals surface area contributed by atoms with E-state index in [0.717, 1.165) is 38.4 Å². The Hall–Kier alpha value is -0.750. The lowest BCUT2D eigenvalue weighted by molar-refractivity contribution is 0.152. The standard InChI is InChI=1S/C13H18ClFN4/c14-10-6-16-7-13(10)19-4-3-18-12(8-19)11-5-9(15)1-2-17-11/h1-2,5,10,12-13,16,18H,3-4,6-8H2. The Morgan fingerprint density at radius 1 is 1.42 bits per heavy atom. The minimum Gasteiger partial charge on any atom is -0.314 e. The van der Waals surface area contributed by atoms with E-state index in [1.807, 2.05) is 0 Å². The first-order chi connectivity index (χ1) is 9.24. The summed E-state index contributed by atoms with van der Waals surface area (Å²) in [6, 6.07) is 3.32. The maximum absolute atomic E-state index is 13.3. The Morgan fingerprint density at radius 3 is 3.05 bits per heavy atom. The number of aromatic nitrogens is 1. The summed E-state index contributed by atoms with van der Waals surface area (Å²) in [4.78, 5) is 6.65. The maximum Gasteiger partial charge on any atom is 0.126 e. The molecular formula is C13H18ClFN4. The van der Waals surface area contributed by atoms with Crippen LogP contribution in [0.2, 0.25) is 0 Å². The second kappa shape index (κ2) is 5.71. The van der Waals surface area contributed by atoms with Gasteiger partial charge in [-0.15, -0.1) is 11.6 Å². The third kappa shape index (κ3) is 2.89. The molecule has 2 aliphatic heterocycles. The highest BCUT2D eigenvalue weighted by Gasteiger charge is 2.34. The number of hydrogen-bond donors (Lipinski definition) is 2. The average molecular weight is 285 g/mol. The van der Waals surface area contributed by atoms with Crippen LogP contribution in [0, 0.1) is 5.82 Å². The molecule has 0 saturated carbocycles. The van der Waals surface area contributed by atoms with Gasteiger partial charge in [-0.3, -0.25) is 9.88 Å². The third-order valence-electron chi connectivity index (χ3n) is 3.89. The highest BCUT2D eigenvalue weighted by molar-refractivity contribution is 6.21. The molecule has 3 unspecified atom stereocenters. The second-order valence-corrected chi connectivity index (χ2v) is 5.70.